The lowest BCUT2D eigenvalue weighted by Gasteiger charge is -2.40. The fourth-order valence-electron chi connectivity index (χ4n) is 5.42. The molecule has 4 nitrogen and oxygen atoms in total. The van der Waals surface area contributed by atoms with Crippen LogP contribution in [0.2, 0.25) is 0 Å². The monoisotopic (exact) mass is 456 g/mol. The number of fused-ring (bicyclic) bond motifs is 1. The van der Waals surface area contributed by atoms with Crippen molar-refractivity contribution in [1.29, 1.82) is 0 Å². The number of aliphatic hydroxyl groups excluding tert-OH is 1. The van der Waals surface area contributed by atoms with Crippen molar-refractivity contribution in [1.82, 2.24) is 9.88 Å². The van der Waals surface area contributed by atoms with Crippen molar-refractivity contribution in [3.63, 3.8) is 0 Å². The Hall–Kier alpha value is -2.80. The maximum atomic E-state index is 14.5. The summed E-state index contributed by atoms with van der Waals surface area (Å²) in [4.78, 5) is 18.0. The number of amides is 1. The molecule has 1 unspecified atom stereocenters. The summed E-state index contributed by atoms with van der Waals surface area (Å²) >= 11 is 0. The Morgan fingerprint density at radius 3 is 2.36 bits per heavy atom. The number of piperidine rings is 1. The topological polar surface area (TPSA) is 56.3 Å². The third kappa shape index (κ3) is 4.03. The molecule has 1 saturated heterocycles. The van der Waals surface area contributed by atoms with Crippen LogP contribution in [0.15, 0.2) is 36.4 Å². The molecule has 1 aromatic heterocycles. The van der Waals surface area contributed by atoms with E-state index in [0.717, 1.165) is 24.5 Å². The number of nitrogens with one attached hydrogen (secondary N) is 1. The van der Waals surface area contributed by atoms with Crippen LogP contribution in [0.25, 0.3) is 22.2 Å². The van der Waals surface area contributed by atoms with Gasteiger partial charge in [0.15, 0.2) is 0 Å². The summed E-state index contributed by atoms with van der Waals surface area (Å²) in [5, 5.41) is 10.3. The van der Waals surface area contributed by atoms with E-state index in [9.17, 15) is 23.1 Å². The number of likely N-dealkylation sites (tertiary alicyclic amines) is 1. The zero-order chi connectivity index (χ0) is 23.3. The summed E-state index contributed by atoms with van der Waals surface area (Å²) in [5.41, 5.74) is 2.34. The second-order valence-electron chi connectivity index (χ2n) is 9.50. The summed E-state index contributed by atoms with van der Waals surface area (Å²) in [6.45, 7) is 3.10. The number of carbonyl (C=O) groups is 1. The van der Waals surface area contributed by atoms with Gasteiger partial charge in [-0.2, -0.15) is 0 Å². The largest absolute Gasteiger partial charge is 0.393 e. The minimum Gasteiger partial charge on any atom is -0.393 e. The van der Waals surface area contributed by atoms with E-state index in [1.807, 2.05) is 4.90 Å². The molecule has 174 valence electrons. The van der Waals surface area contributed by atoms with Gasteiger partial charge in [-0.15, -0.1) is 0 Å². The SMILES string of the molecule is CC(O)C1CCN(C(=O)C2CC(c3c(-c4ccc(F)cc4)[nH]c4c(F)cc(F)cc34)C2)CC1. The second-order valence-corrected chi connectivity index (χ2v) is 9.50. The lowest BCUT2D eigenvalue weighted by molar-refractivity contribution is -0.140. The minimum absolute atomic E-state index is 0.0241. The van der Waals surface area contributed by atoms with Crippen molar-refractivity contribution in [2.75, 3.05) is 13.1 Å². The predicted octanol–water partition coefficient (Wildman–Crippen LogP) is 5.37. The van der Waals surface area contributed by atoms with E-state index < -0.39 is 11.6 Å². The standard InChI is InChI=1S/C26H27F3N2O2/c1-14(32)15-6-8-31(9-7-15)26(33)18-10-17(11-18)23-21-12-20(28)13-22(29)25(21)30-24(23)16-2-4-19(27)5-3-16/h2-5,12-15,17-18,30,32H,6-11H2,1H3. The van der Waals surface area contributed by atoms with E-state index in [-0.39, 0.29) is 41.1 Å². The molecule has 0 bridgehead atoms. The van der Waals surface area contributed by atoms with Gasteiger partial charge in [-0.25, -0.2) is 13.2 Å². The maximum Gasteiger partial charge on any atom is 0.225 e. The molecule has 1 amide bonds. The van der Waals surface area contributed by atoms with Crippen LogP contribution < -0.4 is 0 Å². The fraction of sp³-hybridized carbons (Fsp3) is 0.423. The predicted molar refractivity (Wildman–Crippen MR) is 120 cm³/mol. The number of aromatic nitrogens is 1. The van der Waals surface area contributed by atoms with Crippen molar-refractivity contribution >= 4 is 16.8 Å². The van der Waals surface area contributed by atoms with Crippen molar-refractivity contribution in [2.45, 2.75) is 44.6 Å². The number of aromatic amines is 1. The number of rotatable bonds is 4. The quantitative estimate of drug-likeness (QED) is 0.555. The number of aliphatic hydroxyl groups is 1. The lowest BCUT2D eigenvalue weighted by Crippen LogP contribution is -2.46. The zero-order valence-corrected chi connectivity index (χ0v) is 18.5. The van der Waals surface area contributed by atoms with Gasteiger partial charge in [0.05, 0.1) is 17.3 Å². The first-order valence-corrected chi connectivity index (χ1v) is 11.5. The molecule has 0 spiro atoms. The van der Waals surface area contributed by atoms with E-state index in [4.69, 9.17) is 0 Å². The lowest BCUT2D eigenvalue weighted by atomic mass is 9.69. The molecule has 5 rings (SSSR count). The van der Waals surface area contributed by atoms with E-state index in [0.29, 0.717) is 42.6 Å². The number of benzene rings is 2. The first kappa shape index (κ1) is 22.0. The van der Waals surface area contributed by atoms with E-state index >= 15 is 0 Å². The molecule has 1 aliphatic heterocycles. The normalized spacial score (nSPS) is 22.4. The number of H-pyrrole nitrogens is 1. The van der Waals surface area contributed by atoms with Crippen LogP contribution in [-0.4, -0.2) is 40.1 Å². The van der Waals surface area contributed by atoms with Gasteiger partial charge in [-0.1, -0.05) is 0 Å². The summed E-state index contributed by atoms with van der Waals surface area (Å²) in [7, 11) is 0. The Morgan fingerprint density at radius 2 is 1.73 bits per heavy atom. The summed E-state index contributed by atoms with van der Waals surface area (Å²) in [6, 6.07) is 8.09. The van der Waals surface area contributed by atoms with Crippen molar-refractivity contribution in [2.24, 2.45) is 11.8 Å². The van der Waals surface area contributed by atoms with E-state index in [1.54, 1.807) is 19.1 Å². The number of nitrogens with zero attached hydrogens (tertiary/aromatic N) is 1. The maximum absolute atomic E-state index is 14.5. The Morgan fingerprint density at radius 1 is 1.06 bits per heavy atom. The number of hydrogen-bond acceptors (Lipinski definition) is 2. The second kappa shape index (κ2) is 8.52. The number of halogens is 3. The van der Waals surface area contributed by atoms with Gasteiger partial charge in [0.1, 0.15) is 17.5 Å². The van der Waals surface area contributed by atoms with Gasteiger partial charge in [-0.3, -0.25) is 4.79 Å². The molecule has 0 radical (unpaired) electrons. The van der Waals surface area contributed by atoms with Crippen molar-refractivity contribution in [3.8, 4) is 11.3 Å². The minimum atomic E-state index is -0.674. The molecular weight excluding hydrogens is 429 g/mol. The van der Waals surface area contributed by atoms with Crippen LogP contribution in [0.1, 0.15) is 44.1 Å². The highest BCUT2D eigenvalue weighted by Gasteiger charge is 2.41. The third-order valence-electron chi connectivity index (χ3n) is 7.43. The molecule has 1 saturated carbocycles. The average molecular weight is 457 g/mol. The molecule has 33 heavy (non-hydrogen) atoms. The first-order valence-electron chi connectivity index (χ1n) is 11.5. The van der Waals surface area contributed by atoms with E-state index in [1.165, 1.54) is 18.2 Å². The fourth-order valence-corrected chi connectivity index (χ4v) is 5.42. The van der Waals surface area contributed by atoms with Crippen molar-refractivity contribution in [3.05, 3.63) is 59.4 Å². The summed E-state index contributed by atoms with van der Waals surface area (Å²) in [5.74, 6) is -1.49. The Labute approximate surface area is 190 Å². The van der Waals surface area contributed by atoms with E-state index in [2.05, 4.69) is 4.98 Å². The highest BCUT2D eigenvalue weighted by molar-refractivity contribution is 5.92. The van der Waals surface area contributed by atoms with Crippen LogP contribution >= 0.6 is 0 Å². The average Bonchev–Trinajstić information content (AvgIpc) is 3.12. The Bertz CT molecular complexity index is 1170. The molecular formula is C26H27F3N2O2. The Balaban J connectivity index is 1.40. The molecule has 3 aromatic rings. The molecule has 2 aromatic carbocycles. The molecule has 2 heterocycles. The Kier molecular flexibility index (Phi) is 5.69. The summed E-state index contributed by atoms with van der Waals surface area (Å²) < 4.78 is 42.1. The molecule has 2 N–H and O–H groups in total. The molecule has 2 aliphatic rings. The van der Waals surface area contributed by atoms with Crippen molar-refractivity contribution < 1.29 is 23.1 Å². The van der Waals surface area contributed by atoms with Gasteiger partial charge in [0, 0.05) is 30.5 Å². The van der Waals surface area contributed by atoms with Gasteiger partial charge < -0.3 is 15.0 Å². The van der Waals surface area contributed by atoms with Crippen LogP contribution in [-0.2, 0) is 4.79 Å². The number of carbonyl (C=O) groups excluding carboxylic acids is 1. The van der Waals surface area contributed by atoms with Gasteiger partial charge in [-0.05, 0) is 85.9 Å². The molecule has 1 aliphatic carbocycles. The van der Waals surface area contributed by atoms with Crippen LogP contribution in [0.4, 0.5) is 13.2 Å². The highest BCUT2D eigenvalue weighted by Crippen LogP contribution is 2.49. The van der Waals surface area contributed by atoms with Crippen LogP contribution in [0.3, 0.4) is 0 Å². The highest BCUT2D eigenvalue weighted by atomic mass is 19.1. The molecule has 2 fully saturated rings. The first-order chi connectivity index (χ1) is 15.8. The van der Waals surface area contributed by atoms with Gasteiger partial charge in [0.2, 0.25) is 5.91 Å². The summed E-state index contributed by atoms with van der Waals surface area (Å²) in [6.07, 6.45) is 2.45. The molecule has 7 heteroatoms. The third-order valence-corrected chi connectivity index (χ3v) is 7.43. The smallest absolute Gasteiger partial charge is 0.225 e. The zero-order valence-electron chi connectivity index (χ0n) is 18.5. The molecule has 1 atom stereocenters. The van der Waals surface area contributed by atoms with Gasteiger partial charge >= 0.3 is 0 Å². The van der Waals surface area contributed by atoms with Gasteiger partial charge in [0.25, 0.3) is 0 Å². The van der Waals surface area contributed by atoms with Crippen LogP contribution in [0.5, 0.6) is 0 Å². The number of hydrogen-bond donors (Lipinski definition) is 2. The van der Waals surface area contributed by atoms with Crippen LogP contribution in [0, 0.1) is 29.3 Å².